The van der Waals surface area contributed by atoms with E-state index in [-0.39, 0.29) is 6.10 Å². The molecule has 15 heavy (non-hydrogen) atoms. The van der Waals surface area contributed by atoms with Gasteiger partial charge in [0.1, 0.15) is 6.10 Å². The Morgan fingerprint density at radius 2 is 2.47 bits per heavy atom. The van der Waals surface area contributed by atoms with Crippen LogP contribution in [0.2, 0.25) is 0 Å². The van der Waals surface area contributed by atoms with Crippen molar-refractivity contribution < 1.29 is 4.74 Å². The van der Waals surface area contributed by atoms with Gasteiger partial charge in [-0.3, -0.25) is 9.38 Å². The summed E-state index contributed by atoms with van der Waals surface area (Å²) in [6, 6.07) is 0. The molecule has 0 radical (unpaired) electrons. The molecule has 1 unspecified atom stereocenters. The topological polar surface area (TPSA) is 51.5 Å². The summed E-state index contributed by atoms with van der Waals surface area (Å²) in [4.78, 5) is 8.22. The van der Waals surface area contributed by atoms with Crippen LogP contribution in [-0.4, -0.2) is 33.6 Å². The fourth-order valence-electron chi connectivity index (χ4n) is 1.81. The van der Waals surface area contributed by atoms with Crippen LogP contribution >= 0.6 is 0 Å². The molecule has 1 aliphatic rings. The second kappa shape index (κ2) is 3.51. The molecule has 0 saturated carbocycles. The van der Waals surface area contributed by atoms with Gasteiger partial charge < -0.3 is 10.1 Å². The lowest BCUT2D eigenvalue weighted by Crippen LogP contribution is -2.20. The molecule has 3 heterocycles. The third-order valence-electron chi connectivity index (χ3n) is 2.59. The van der Waals surface area contributed by atoms with E-state index in [9.17, 15) is 0 Å². The molecular formula is C10H12N4O. The monoisotopic (exact) mass is 204 g/mol. The first-order valence-corrected chi connectivity index (χ1v) is 5.08. The van der Waals surface area contributed by atoms with Gasteiger partial charge in [0.2, 0.25) is 5.88 Å². The van der Waals surface area contributed by atoms with E-state index in [0.717, 1.165) is 31.0 Å². The van der Waals surface area contributed by atoms with Crippen LogP contribution in [0, 0.1) is 0 Å². The van der Waals surface area contributed by atoms with Crippen molar-refractivity contribution in [3.8, 4) is 5.88 Å². The van der Waals surface area contributed by atoms with Crippen LogP contribution in [0.25, 0.3) is 5.65 Å². The molecule has 1 fully saturated rings. The Balaban J connectivity index is 1.90. The molecule has 78 valence electrons. The first kappa shape index (κ1) is 8.67. The molecule has 1 saturated heterocycles. The lowest BCUT2D eigenvalue weighted by molar-refractivity contribution is 0.212. The summed E-state index contributed by atoms with van der Waals surface area (Å²) < 4.78 is 7.75. The first-order chi connectivity index (χ1) is 7.43. The Labute approximate surface area is 87.1 Å². The van der Waals surface area contributed by atoms with Crippen molar-refractivity contribution in [3.63, 3.8) is 0 Å². The van der Waals surface area contributed by atoms with Crippen molar-refractivity contribution in [2.75, 3.05) is 13.1 Å². The van der Waals surface area contributed by atoms with Gasteiger partial charge in [-0.2, -0.15) is 0 Å². The summed E-state index contributed by atoms with van der Waals surface area (Å²) in [5, 5.41) is 3.27. The van der Waals surface area contributed by atoms with Crippen molar-refractivity contribution >= 4 is 5.65 Å². The van der Waals surface area contributed by atoms with Crippen LogP contribution in [0.3, 0.4) is 0 Å². The highest BCUT2D eigenvalue weighted by molar-refractivity contribution is 5.39. The second-order valence-electron chi connectivity index (χ2n) is 3.63. The largest absolute Gasteiger partial charge is 0.473 e. The molecule has 1 atom stereocenters. The standard InChI is InChI=1S/C10H12N4O/c1-2-11-5-8(1)15-10-7-13-9-6-12-3-4-14(9)10/h3-4,6-8,11H,1-2,5H2. The fourth-order valence-corrected chi connectivity index (χ4v) is 1.81. The van der Waals surface area contributed by atoms with Gasteiger partial charge in [-0.1, -0.05) is 0 Å². The Kier molecular flexibility index (Phi) is 2.03. The molecule has 0 aliphatic carbocycles. The average molecular weight is 204 g/mol. The molecule has 2 aromatic rings. The van der Waals surface area contributed by atoms with Gasteiger partial charge in [0.15, 0.2) is 5.65 Å². The minimum absolute atomic E-state index is 0.262. The Morgan fingerprint density at radius 1 is 1.47 bits per heavy atom. The number of aromatic nitrogens is 3. The van der Waals surface area contributed by atoms with Gasteiger partial charge in [-0.05, 0) is 13.0 Å². The van der Waals surface area contributed by atoms with Crippen LogP contribution < -0.4 is 10.1 Å². The predicted octanol–water partition coefficient (Wildman–Crippen LogP) is 0.470. The molecular weight excluding hydrogens is 192 g/mol. The van der Waals surface area contributed by atoms with Crippen LogP contribution in [-0.2, 0) is 0 Å². The highest BCUT2D eigenvalue weighted by Gasteiger charge is 2.17. The van der Waals surface area contributed by atoms with Gasteiger partial charge in [-0.15, -0.1) is 0 Å². The maximum absolute atomic E-state index is 5.84. The summed E-state index contributed by atoms with van der Waals surface area (Å²) in [5.74, 6) is 0.793. The molecule has 5 nitrogen and oxygen atoms in total. The van der Waals surface area contributed by atoms with Crippen LogP contribution in [0.4, 0.5) is 0 Å². The zero-order valence-electron chi connectivity index (χ0n) is 8.26. The van der Waals surface area contributed by atoms with Gasteiger partial charge in [0, 0.05) is 18.9 Å². The number of fused-ring (bicyclic) bond motifs is 1. The highest BCUT2D eigenvalue weighted by atomic mass is 16.5. The molecule has 1 aliphatic heterocycles. The maximum atomic E-state index is 5.84. The molecule has 2 aromatic heterocycles. The molecule has 3 rings (SSSR count). The van der Waals surface area contributed by atoms with Crippen LogP contribution in [0.5, 0.6) is 5.88 Å². The van der Waals surface area contributed by atoms with E-state index in [4.69, 9.17) is 4.74 Å². The second-order valence-corrected chi connectivity index (χ2v) is 3.63. The van der Waals surface area contributed by atoms with E-state index in [1.807, 2.05) is 10.6 Å². The average Bonchev–Trinajstić information content (AvgIpc) is 2.89. The summed E-state index contributed by atoms with van der Waals surface area (Å²) in [7, 11) is 0. The molecule has 0 aromatic carbocycles. The summed E-state index contributed by atoms with van der Waals surface area (Å²) >= 11 is 0. The quantitative estimate of drug-likeness (QED) is 0.772. The Morgan fingerprint density at radius 3 is 3.33 bits per heavy atom. The normalized spacial score (nSPS) is 20.9. The third-order valence-corrected chi connectivity index (χ3v) is 2.59. The van der Waals surface area contributed by atoms with E-state index in [1.54, 1.807) is 18.6 Å². The van der Waals surface area contributed by atoms with Crippen molar-refractivity contribution in [2.45, 2.75) is 12.5 Å². The van der Waals surface area contributed by atoms with Gasteiger partial charge in [0.25, 0.3) is 0 Å². The Bertz CT molecular complexity index is 461. The SMILES string of the molecule is c1cn2c(OC3CCNC3)cnc2cn1. The van der Waals surface area contributed by atoms with Crippen molar-refractivity contribution in [1.82, 2.24) is 19.7 Å². The zero-order valence-corrected chi connectivity index (χ0v) is 8.26. The fraction of sp³-hybridized carbons (Fsp3) is 0.400. The molecule has 0 spiro atoms. The zero-order chi connectivity index (χ0) is 10.1. The van der Waals surface area contributed by atoms with Gasteiger partial charge in [0.05, 0.1) is 12.4 Å². The van der Waals surface area contributed by atoms with Crippen LogP contribution in [0.1, 0.15) is 6.42 Å². The molecule has 5 heteroatoms. The maximum Gasteiger partial charge on any atom is 0.218 e. The number of hydrogen-bond acceptors (Lipinski definition) is 4. The van der Waals surface area contributed by atoms with Gasteiger partial charge >= 0.3 is 0 Å². The van der Waals surface area contributed by atoms with E-state index < -0.39 is 0 Å². The number of ether oxygens (including phenoxy) is 1. The summed E-state index contributed by atoms with van der Waals surface area (Å²) in [5.41, 5.74) is 0.818. The minimum atomic E-state index is 0.262. The lowest BCUT2D eigenvalue weighted by Gasteiger charge is -2.10. The van der Waals surface area contributed by atoms with E-state index in [2.05, 4.69) is 15.3 Å². The molecule has 1 N–H and O–H groups in total. The summed E-state index contributed by atoms with van der Waals surface area (Å²) in [6.45, 7) is 1.95. The summed E-state index contributed by atoms with van der Waals surface area (Å²) in [6.07, 6.45) is 8.38. The number of rotatable bonds is 2. The minimum Gasteiger partial charge on any atom is -0.473 e. The highest BCUT2D eigenvalue weighted by Crippen LogP contribution is 2.16. The lowest BCUT2D eigenvalue weighted by atomic mass is 10.3. The number of nitrogens with one attached hydrogen (secondary N) is 1. The van der Waals surface area contributed by atoms with Crippen molar-refractivity contribution in [1.29, 1.82) is 0 Å². The number of nitrogens with zero attached hydrogens (tertiary/aromatic N) is 3. The van der Waals surface area contributed by atoms with Crippen molar-refractivity contribution in [2.24, 2.45) is 0 Å². The molecule has 0 amide bonds. The number of imidazole rings is 1. The van der Waals surface area contributed by atoms with Gasteiger partial charge in [-0.25, -0.2) is 4.98 Å². The van der Waals surface area contributed by atoms with E-state index >= 15 is 0 Å². The smallest absolute Gasteiger partial charge is 0.218 e. The number of hydrogen-bond donors (Lipinski definition) is 1. The predicted molar refractivity (Wildman–Crippen MR) is 54.9 cm³/mol. The molecule has 0 bridgehead atoms. The van der Waals surface area contributed by atoms with E-state index in [0.29, 0.717) is 0 Å². The van der Waals surface area contributed by atoms with E-state index in [1.165, 1.54) is 0 Å². The third kappa shape index (κ3) is 1.55. The Hall–Kier alpha value is -1.62. The first-order valence-electron chi connectivity index (χ1n) is 5.08. The van der Waals surface area contributed by atoms with Crippen molar-refractivity contribution in [3.05, 3.63) is 24.8 Å². The van der Waals surface area contributed by atoms with Crippen LogP contribution in [0.15, 0.2) is 24.8 Å².